The van der Waals surface area contributed by atoms with Crippen molar-refractivity contribution in [1.82, 2.24) is 0 Å². The average molecular weight is 196 g/mol. The predicted octanol–water partition coefficient (Wildman–Crippen LogP) is -1.36. The second-order valence-corrected chi connectivity index (χ2v) is 1.92. The first-order valence-electron chi connectivity index (χ1n) is 2.40. The summed E-state index contributed by atoms with van der Waals surface area (Å²) in [6.45, 7) is 0. The predicted molar refractivity (Wildman–Crippen MR) is 40.8 cm³/mol. The summed E-state index contributed by atoms with van der Waals surface area (Å²) < 4.78 is 0. The van der Waals surface area contributed by atoms with E-state index in [1.54, 1.807) is 18.2 Å². The summed E-state index contributed by atoms with van der Waals surface area (Å²) in [5, 5.41) is 8.83. The van der Waals surface area contributed by atoms with Crippen LogP contribution in [0.1, 0.15) is 5.56 Å². The molecule has 0 radical (unpaired) electrons. The van der Waals surface area contributed by atoms with Gasteiger partial charge in [0.15, 0.2) is 0 Å². The molecule has 0 heterocycles. The molecule has 1 aromatic carbocycles. The minimum atomic E-state index is 0. The van der Waals surface area contributed by atoms with Gasteiger partial charge in [-0.2, -0.15) is 41.1 Å². The Morgan fingerprint density at radius 1 is 1.55 bits per heavy atom. The Morgan fingerprint density at radius 2 is 2.18 bits per heavy atom. The monoisotopic (exact) mass is 195 g/mol. The number of hydrogen-bond acceptors (Lipinski definition) is 1. The van der Waals surface area contributed by atoms with Crippen LogP contribution in [0.2, 0.25) is 5.02 Å². The van der Waals surface area contributed by atoms with Crippen molar-refractivity contribution < 1.29 is 12.4 Å². The minimum Gasteiger partial charge on any atom is -1.00 e. The standard InChI is InChI=1S/C7H3ClN.ClH.Mg/c8-7-4-2-1-3-6(7)5-9;;/h1,3-4H;1H;/q-1;;+2/p-1. The van der Waals surface area contributed by atoms with Gasteiger partial charge < -0.3 is 12.4 Å². The fraction of sp³-hybridized carbons (Fsp3) is 0. The largest absolute Gasteiger partial charge is 2.00 e. The van der Waals surface area contributed by atoms with Crippen LogP contribution in [0.4, 0.5) is 0 Å². The summed E-state index contributed by atoms with van der Waals surface area (Å²) in [4.78, 5) is 0. The van der Waals surface area contributed by atoms with Crippen molar-refractivity contribution in [2.45, 2.75) is 0 Å². The van der Waals surface area contributed by atoms with Gasteiger partial charge in [-0.25, -0.2) is 0 Å². The molecule has 0 bridgehead atoms. The first-order chi connectivity index (χ1) is 4.34. The number of rotatable bonds is 0. The summed E-state index contributed by atoms with van der Waals surface area (Å²) in [6, 6.07) is 9.55. The molecular formula is C7H3Cl2MgN. The summed E-state index contributed by atoms with van der Waals surface area (Å²) in [7, 11) is 0. The van der Waals surface area contributed by atoms with E-state index in [1.165, 1.54) is 0 Å². The van der Waals surface area contributed by atoms with Crippen LogP contribution < -0.4 is 12.4 Å². The van der Waals surface area contributed by atoms with Crippen molar-refractivity contribution >= 4 is 34.7 Å². The van der Waals surface area contributed by atoms with Gasteiger partial charge in [0.1, 0.15) is 0 Å². The second-order valence-electron chi connectivity index (χ2n) is 1.52. The van der Waals surface area contributed by atoms with Crippen LogP contribution in [0.3, 0.4) is 0 Å². The van der Waals surface area contributed by atoms with Gasteiger partial charge in [-0.15, -0.1) is 0 Å². The molecule has 0 amide bonds. The minimum absolute atomic E-state index is 0. The molecule has 11 heavy (non-hydrogen) atoms. The molecule has 1 rings (SSSR count). The van der Waals surface area contributed by atoms with E-state index < -0.39 is 0 Å². The molecule has 0 atom stereocenters. The summed E-state index contributed by atoms with van der Waals surface area (Å²) in [5.74, 6) is 0. The van der Waals surface area contributed by atoms with Gasteiger partial charge in [0.05, 0.1) is 6.07 Å². The maximum atomic E-state index is 8.37. The third kappa shape index (κ3) is 3.83. The van der Waals surface area contributed by atoms with Crippen LogP contribution >= 0.6 is 11.6 Å². The van der Waals surface area contributed by atoms with E-state index >= 15 is 0 Å². The Kier molecular flexibility index (Phi) is 8.36. The van der Waals surface area contributed by atoms with Gasteiger partial charge in [0, 0.05) is 0 Å². The molecule has 4 heteroatoms. The zero-order valence-corrected chi connectivity index (χ0v) is 8.57. The molecule has 0 aromatic heterocycles. The first-order valence-corrected chi connectivity index (χ1v) is 2.78. The van der Waals surface area contributed by atoms with E-state index in [9.17, 15) is 0 Å². The Bertz CT molecular complexity index is 257. The van der Waals surface area contributed by atoms with Gasteiger partial charge in [0.2, 0.25) is 0 Å². The fourth-order valence-electron chi connectivity index (χ4n) is 0.501. The number of halogens is 2. The molecule has 0 aliphatic heterocycles. The quantitative estimate of drug-likeness (QED) is 0.371. The normalized spacial score (nSPS) is 6.91. The molecule has 1 nitrogen and oxygen atoms in total. The van der Waals surface area contributed by atoms with Gasteiger partial charge in [0.25, 0.3) is 0 Å². The van der Waals surface area contributed by atoms with Gasteiger partial charge in [-0.3, -0.25) is 0 Å². The summed E-state index contributed by atoms with van der Waals surface area (Å²) >= 11 is 5.57. The Balaban J connectivity index is 0. The Morgan fingerprint density at radius 3 is 2.55 bits per heavy atom. The topological polar surface area (TPSA) is 23.8 Å². The molecule has 0 saturated carbocycles. The SMILES string of the molecule is N#Cc1cc[c-]cc1Cl.[Cl-].[Mg+2]. The molecule has 0 spiro atoms. The van der Waals surface area contributed by atoms with E-state index in [-0.39, 0.29) is 35.5 Å². The van der Waals surface area contributed by atoms with Crippen molar-refractivity contribution in [3.05, 3.63) is 34.9 Å². The molecule has 0 aliphatic carbocycles. The van der Waals surface area contributed by atoms with E-state index in [1.807, 2.05) is 6.07 Å². The Labute approximate surface area is 92.9 Å². The number of nitriles is 1. The van der Waals surface area contributed by atoms with Crippen molar-refractivity contribution in [2.24, 2.45) is 0 Å². The first kappa shape index (κ1) is 13.6. The zero-order valence-electron chi connectivity index (χ0n) is 5.64. The van der Waals surface area contributed by atoms with E-state index in [0.717, 1.165) is 0 Å². The number of nitrogens with zero attached hydrogens (tertiary/aromatic N) is 1. The smallest absolute Gasteiger partial charge is 1.00 e. The van der Waals surface area contributed by atoms with E-state index in [4.69, 9.17) is 16.9 Å². The van der Waals surface area contributed by atoms with Gasteiger partial charge in [-0.1, -0.05) is 5.02 Å². The van der Waals surface area contributed by atoms with Crippen LogP contribution in [-0.2, 0) is 0 Å². The van der Waals surface area contributed by atoms with E-state index in [0.29, 0.717) is 10.6 Å². The summed E-state index contributed by atoms with van der Waals surface area (Å²) in [6.07, 6.45) is 0. The number of benzene rings is 1. The van der Waals surface area contributed by atoms with Crippen molar-refractivity contribution in [1.29, 1.82) is 5.26 Å². The second kappa shape index (κ2) is 6.75. The molecule has 1 aromatic rings. The maximum Gasteiger partial charge on any atom is 2.00 e. The van der Waals surface area contributed by atoms with Crippen LogP contribution in [0.15, 0.2) is 18.2 Å². The maximum absolute atomic E-state index is 8.37. The molecule has 52 valence electrons. The third-order valence-corrected chi connectivity index (χ3v) is 1.25. The Hall–Kier alpha value is 0.0562. The van der Waals surface area contributed by atoms with Crippen molar-refractivity contribution in [3.63, 3.8) is 0 Å². The molecule has 0 aliphatic rings. The van der Waals surface area contributed by atoms with Crippen LogP contribution in [0, 0.1) is 17.4 Å². The van der Waals surface area contributed by atoms with Crippen LogP contribution in [0.25, 0.3) is 0 Å². The van der Waals surface area contributed by atoms with Crippen molar-refractivity contribution in [3.8, 4) is 6.07 Å². The molecule has 0 fully saturated rings. The average Bonchev–Trinajstić information content (AvgIpc) is 1.89. The van der Waals surface area contributed by atoms with Crippen LogP contribution in [0.5, 0.6) is 0 Å². The summed E-state index contributed by atoms with van der Waals surface area (Å²) in [5.41, 5.74) is 0.496. The third-order valence-electron chi connectivity index (χ3n) is 0.934. The molecule has 0 saturated heterocycles. The van der Waals surface area contributed by atoms with Crippen LogP contribution in [-0.4, -0.2) is 23.1 Å². The molecule has 0 N–H and O–H groups in total. The fourth-order valence-corrected chi connectivity index (χ4v) is 0.669. The van der Waals surface area contributed by atoms with Gasteiger partial charge in [-0.05, 0) is 5.56 Å². The van der Waals surface area contributed by atoms with Crippen molar-refractivity contribution in [2.75, 3.05) is 0 Å². The number of hydrogen-bond donors (Lipinski definition) is 0. The van der Waals surface area contributed by atoms with Gasteiger partial charge >= 0.3 is 23.1 Å². The molecule has 0 unspecified atom stereocenters. The zero-order chi connectivity index (χ0) is 6.69. The molecular weight excluding hydrogens is 193 g/mol. The van der Waals surface area contributed by atoms with E-state index in [2.05, 4.69) is 6.07 Å².